The van der Waals surface area contributed by atoms with Gasteiger partial charge in [-0.2, -0.15) is 0 Å². The van der Waals surface area contributed by atoms with Gasteiger partial charge in [0, 0.05) is 6.04 Å². The van der Waals surface area contributed by atoms with Crippen molar-refractivity contribution in [1.82, 2.24) is 20.3 Å². The van der Waals surface area contributed by atoms with E-state index in [4.69, 9.17) is 5.84 Å². The monoisotopic (exact) mass is 214 g/mol. The van der Waals surface area contributed by atoms with Crippen LogP contribution in [0.3, 0.4) is 0 Å². The van der Waals surface area contributed by atoms with Gasteiger partial charge in [-0.1, -0.05) is 4.49 Å². The molecule has 0 amide bonds. The maximum atomic E-state index is 5.29. The van der Waals surface area contributed by atoms with E-state index in [-0.39, 0.29) is 0 Å². The van der Waals surface area contributed by atoms with Gasteiger partial charge in [-0.25, -0.2) is 10.8 Å². The van der Waals surface area contributed by atoms with E-state index in [0.717, 1.165) is 4.88 Å². The van der Waals surface area contributed by atoms with Crippen LogP contribution in [0.25, 0.3) is 0 Å². The molecule has 14 heavy (non-hydrogen) atoms. The van der Waals surface area contributed by atoms with Crippen LogP contribution < -0.4 is 16.6 Å². The molecule has 1 rings (SSSR count). The molecule has 1 aromatic heterocycles. The van der Waals surface area contributed by atoms with E-state index in [9.17, 15) is 0 Å². The topological polar surface area (TPSA) is 88.2 Å². The van der Waals surface area contributed by atoms with Gasteiger partial charge in [0.2, 0.25) is 5.96 Å². The molecule has 0 fully saturated rings. The van der Waals surface area contributed by atoms with Crippen molar-refractivity contribution in [3.63, 3.8) is 0 Å². The van der Waals surface area contributed by atoms with Crippen LogP contribution in [0.4, 0.5) is 0 Å². The Balaban J connectivity index is 2.48. The Morgan fingerprint density at radius 2 is 2.50 bits per heavy atom. The predicted molar refractivity (Wildman–Crippen MR) is 56.6 cm³/mol. The lowest BCUT2D eigenvalue weighted by Gasteiger charge is -2.11. The van der Waals surface area contributed by atoms with Crippen LogP contribution in [0.15, 0.2) is 11.2 Å². The normalized spacial score (nSPS) is 11.9. The molecule has 78 valence electrons. The fourth-order valence-corrected chi connectivity index (χ4v) is 1.24. The van der Waals surface area contributed by atoms with Crippen LogP contribution in [-0.2, 0) is 6.54 Å². The lowest BCUT2D eigenvalue weighted by molar-refractivity contribution is 0.702. The molecule has 1 heterocycles. The molecule has 6 nitrogen and oxygen atoms in total. The highest BCUT2D eigenvalue weighted by atomic mass is 32.1. The molecule has 0 radical (unpaired) electrons. The predicted octanol–water partition coefficient (Wildman–Crippen LogP) is -0.145. The van der Waals surface area contributed by atoms with E-state index in [1.807, 2.05) is 13.8 Å². The van der Waals surface area contributed by atoms with E-state index in [1.165, 1.54) is 11.5 Å². The number of guanidine groups is 1. The van der Waals surface area contributed by atoms with Crippen molar-refractivity contribution in [2.45, 2.75) is 26.4 Å². The lowest BCUT2D eigenvalue weighted by atomic mass is 10.4. The number of nitrogens with two attached hydrogens (primary N) is 1. The zero-order valence-electron chi connectivity index (χ0n) is 8.19. The molecule has 0 saturated carbocycles. The van der Waals surface area contributed by atoms with Crippen LogP contribution >= 0.6 is 11.5 Å². The standard InChI is InChI=1S/C7H14N6S/c1-5(2)11-7(12-8)9-3-6-4-10-13-14-6/h4-5H,3,8H2,1-2H3,(H2,9,11,12). The van der Waals surface area contributed by atoms with E-state index in [0.29, 0.717) is 18.5 Å². The van der Waals surface area contributed by atoms with Crippen LogP contribution in [0.1, 0.15) is 18.7 Å². The Morgan fingerprint density at radius 3 is 3.00 bits per heavy atom. The minimum Gasteiger partial charge on any atom is -0.353 e. The van der Waals surface area contributed by atoms with Gasteiger partial charge in [0.25, 0.3) is 0 Å². The average molecular weight is 214 g/mol. The number of hydrazine groups is 1. The highest BCUT2D eigenvalue weighted by Crippen LogP contribution is 2.02. The van der Waals surface area contributed by atoms with Crippen molar-refractivity contribution >= 4 is 17.5 Å². The van der Waals surface area contributed by atoms with Gasteiger partial charge in [-0.3, -0.25) is 5.43 Å². The van der Waals surface area contributed by atoms with Gasteiger partial charge >= 0.3 is 0 Å². The third-order valence-corrected chi connectivity index (χ3v) is 2.01. The zero-order chi connectivity index (χ0) is 10.4. The van der Waals surface area contributed by atoms with Crippen molar-refractivity contribution in [3.8, 4) is 0 Å². The quantitative estimate of drug-likeness (QED) is 0.282. The van der Waals surface area contributed by atoms with Crippen molar-refractivity contribution in [3.05, 3.63) is 11.1 Å². The Morgan fingerprint density at radius 1 is 1.71 bits per heavy atom. The summed E-state index contributed by atoms with van der Waals surface area (Å²) in [4.78, 5) is 5.23. The van der Waals surface area contributed by atoms with Gasteiger partial charge < -0.3 is 5.32 Å². The minimum absolute atomic E-state index is 0.296. The van der Waals surface area contributed by atoms with Crippen LogP contribution in [0.5, 0.6) is 0 Å². The highest BCUT2D eigenvalue weighted by molar-refractivity contribution is 7.05. The van der Waals surface area contributed by atoms with E-state index in [2.05, 4.69) is 25.3 Å². The second-order valence-electron chi connectivity index (χ2n) is 2.99. The van der Waals surface area contributed by atoms with Gasteiger partial charge in [-0.05, 0) is 25.4 Å². The van der Waals surface area contributed by atoms with Crippen molar-refractivity contribution in [2.75, 3.05) is 0 Å². The number of rotatable bonds is 3. The summed E-state index contributed by atoms with van der Waals surface area (Å²) < 4.78 is 3.74. The maximum absolute atomic E-state index is 5.29. The Kier molecular flexibility index (Phi) is 4.27. The summed E-state index contributed by atoms with van der Waals surface area (Å²) in [6, 6.07) is 0.296. The molecule has 0 aliphatic heterocycles. The number of hydrogen-bond donors (Lipinski definition) is 3. The van der Waals surface area contributed by atoms with Crippen LogP contribution in [-0.4, -0.2) is 21.6 Å². The second kappa shape index (κ2) is 5.51. The Labute approximate surface area is 86.8 Å². The third-order valence-electron chi connectivity index (χ3n) is 1.36. The lowest BCUT2D eigenvalue weighted by Crippen LogP contribution is -2.44. The molecule has 0 saturated heterocycles. The fraction of sp³-hybridized carbons (Fsp3) is 0.571. The largest absolute Gasteiger partial charge is 0.353 e. The van der Waals surface area contributed by atoms with Gasteiger partial charge in [0.1, 0.15) is 0 Å². The third kappa shape index (κ3) is 3.67. The molecule has 1 aromatic rings. The van der Waals surface area contributed by atoms with Crippen molar-refractivity contribution in [2.24, 2.45) is 10.8 Å². The van der Waals surface area contributed by atoms with Crippen LogP contribution in [0, 0.1) is 0 Å². The van der Waals surface area contributed by atoms with Crippen LogP contribution in [0.2, 0.25) is 0 Å². The van der Waals surface area contributed by atoms with E-state index in [1.54, 1.807) is 6.20 Å². The van der Waals surface area contributed by atoms with Gasteiger partial charge in [-0.15, -0.1) is 5.10 Å². The summed E-state index contributed by atoms with van der Waals surface area (Å²) in [5, 5.41) is 6.78. The number of nitrogens with zero attached hydrogens (tertiary/aromatic N) is 3. The fourth-order valence-electron chi connectivity index (χ4n) is 0.821. The zero-order valence-corrected chi connectivity index (χ0v) is 9.01. The van der Waals surface area contributed by atoms with E-state index < -0.39 is 0 Å². The summed E-state index contributed by atoms with van der Waals surface area (Å²) in [7, 11) is 0. The number of hydrogen-bond acceptors (Lipinski definition) is 5. The average Bonchev–Trinajstić information content (AvgIpc) is 2.64. The first-order chi connectivity index (χ1) is 6.72. The molecule has 0 spiro atoms. The molecule has 0 atom stereocenters. The van der Waals surface area contributed by atoms with Crippen molar-refractivity contribution < 1.29 is 0 Å². The Bertz CT molecular complexity index is 280. The molecular formula is C7H14N6S. The molecule has 7 heteroatoms. The summed E-state index contributed by atoms with van der Waals surface area (Å²) in [5.74, 6) is 5.87. The number of aliphatic imine (C=N–C) groups is 1. The summed E-state index contributed by atoms with van der Waals surface area (Å²) in [5.41, 5.74) is 2.50. The molecule has 0 bridgehead atoms. The van der Waals surface area contributed by atoms with Gasteiger partial charge in [0.05, 0.1) is 17.6 Å². The molecular weight excluding hydrogens is 200 g/mol. The van der Waals surface area contributed by atoms with Gasteiger partial charge in [0.15, 0.2) is 0 Å². The molecule has 0 aromatic carbocycles. The first-order valence-electron chi connectivity index (χ1n) is 4.26. The molecule has 0 aliphatic rings. The SMILES string of the molecule is CC(C)NC(=NCc1cnns1)NN. The summed E-state index contributed by atoms with van der Waals surface area (Å²) in [6.45, 7) is 4.57. The first-order valence-corrected chi connectivity index (χ1v) is 5.03. The van der Waals surface area contributed by atoms with Crippen molar-refractivity contribution in [1.29, 1.82) is 0 Å². The second-order valence-corrected chi connectivity index (χ2v) is 3.86. The first kappa shape index (κ1) is 10.9. The smallest absolute Gasteiger partial charge is 0.206 e. The molecule has 0 unspecified atom stereocenters. The van der Waals surface area contributed by atoms with E-state index >= 15 is 0 Å². The number of aromatic nitrogens is 2. The maximum Gasteiger partial charge on any atom is 0.206 e. The summed E-state index contributed by atoms with van der Waals surface area (Å²) in [6.07, 6.45) is 1.69. The highest BCUT2D eigenvalue weighted by Gasteiger charge is 1.99. The molecule has 0 aliphatic carbocycles. The Hall–Kier alpha value is -1.21. The summed E-state index contributed by atoms with van der Waals surface area (Å²) >= 11 is 1.33. The number of nitrogens with one attached hydrogen (secondary N) is 2. The minimum atomic E-state index is 0.296. The molecule has 4 N–H and O–H groups in total.